The Bertz CT molecular complexity index is 663. The van der Waals surface area contributed by atoms with Crippen LogP contribution in [0.2, 0.25) is 0 Å². The van der Waals surface area contributed by atoms with E-state index in [9.17, 15) is 9.18 Å². The monoisotopic (exact) mass is 260 g/mol. The second-order valence-electron chi connectivity index (χ2n) is 4.04. The highest BCUT2D eigenvalue weighted by Gasteiger charge is 2.25. The van der Waals surface area contributed by atoms with Crippen molar-refractivity contribution in [2.75, 3.05) is 5.32 Å². The molecule has 2 N–H and O–H groups in total. The van der Waals surface area contributed by atoms with E-state index in [2.05, 4.69) is 15.4 Å². The van der Waals surface area contributed by atoms with Crippen molar-refractivity contribution in [1.29, 1.82) is 0 Å². The zero-order chi connectivity index (χ0) is 13.4. The normalized spacial score (nSPS) is 17.3. The number of carboxylic acid groups (broad SMARTS) is 1. The largest absolute Gasteiger partial charge is 0.477 e. The number of halogens is 1. The number of allylic oxidation sites excluding steroid dienone is 1. The fraction of sp³-hybridized carbons (Fsp3) is 0.0833. The van der Waals surface area contributed by atoms with Crippen molar-refractivity contribution < 1.29 is 14.3 Å². The summed E-state index contributed by atoms with van der Waals surface area (Å²) in [5.74, 6) is -1.09. The minimum absolute atomic E-state index is 0.0230. The highest BCUT2D eigenvalue weighted by atomic mass is 19.1. The molecule has 0 radical (unpaired) electrons. The lowest BCUT2D eigenvalue weighted by atomic mass is 10.0. The van der Waals surface area contributed by atoms with E-state index < -0.39 is 12.0 Å². The number of fused-ring (bicyclic) bond motifs is 1. The van der Waals surface area contributed by atoms with Crippen LogP contribution in [0, 0.1) is 5.82 Å². The first-order chi connectivity index (χ1) is 9.15. The van der Waals surface area contributed by atoms with Gasteiger partial charge in [-0.2, -0.15) is 10.1 Å². The number of nitrogens with one attached hydrogen (secondary N) is 1. The van der Waals surface area contributed by atoms with E-state index in [1.165, 1.54) is 24.5 Å². The number of carbonyl (C=O) groups is 1. The Morgan fingerprint density at radius 2 is 2.11 bits per heavy atom. The van der Waals surface area contributed by atoms with Gasteiger partial charge in [0.25, 0.3) is 0 Å². The average Bonchev–Trinajstić information content (AvgIpc) is 2.86. The van der Waals surface area contributed by atoms with Crippen molar-refractivity contribution in [3.05, 3.63) is 53.7 Å². The smallest absolute Gasteiger partial charge is 0.352 e. The molecule has 96 valence electrons. The van der Waals surface area contributed by atoms with Crippen LogP contribution in [0.5, 0.6) is 0 Å². The van der Waals surface area contributed by atoms with Crippen LogP contribution in [0.15, 0.2) is 42.4 Å². The molecule has 0 spiro atoms. The van der Waals surface area contributed by atoms with Crippen molar-refractivity contribution in [2.45, 2.75) is 6.04 Å². The second kappa shape index (κ2) is 4.20. The summed E-state index contributed by atoms with van der Waals surface area (Å²) in [6, 6.07) is 5.40. The summed E-state index contributed by atoms with van der Waals surface area (Å²) in [6.45, 7) is 0. The van der Waals surface area contributed by atoms with Crippen LogP contribution >= 0.6 is 0 Å². The molecule has 2 heterocycles. The third-order valence-corrected chi connectivity index (χ3v) is 2.85. The van der Waals surface area contributed by atoms with E-state index >= 15 is 0 Å². The summed E-state index contributed by atoms with van der Waals surface area (Å²) in [6.07, 6.45) is 2.84. The fourth-order valence-electron chi connectivity index (χ4n) is 1.96. The van der Waals surface area contributed by atoms with Gasteiger partial charge in [-0.1, -0.05) is 12.1 Å². The van der Waals surface area contributed by atoms with E-state index in [0.29, 0.717) is 5.95 Å². The molecule has 0 aliphatic carbocycles. The maximum absolute atomic E-state index is 12.9. The quantitative estimate of drug-likeness (QED) is 0.853. The first-order valence-electron chi connectivity index (χ1n) is 5.52. The molecule has 0 saturated carbocycles. The molecular weight excluding hydrogens is 251 g/mol. The van der Waals surface area contributed by atoms with Crippen molar-refractivity contribution >= 4 is 11.9 Å². The lowest BCUT2D eigenvalue weighted by Gasteiger charge is -2.22. The van der Waals surface area contributed by atoms with Crippen LogP contribution in [0.25, 0.3) is 0 Å². The third-order valence-electron chi connectivity index (χ3n) is 2.85. The summed E-state index contributed by atoms with van der Waals surface area (Å²) in [5, 5.41) is 15.8. The first kappa shape index (κ1) is 11.4. The molecule has 2 aromatic rings. The number of nitrogens with zero attached hydrogens (tertiary/aromatic N) is 3. The Labute approximate surface area is 107 Å². The molecule has 1 aromatic carbocycles. The maximum atomic E-state index is 12.9. The molecule has 1 aromatic heterocycles. The number of aliphatic carboxylic acids is 1. The molecular formula is C12H9FN4O2. The minimum Gasteiger partial charge on any atom is -0.477 e. The molecule has 1 atom stereocenters. The van der Waals surface area contributed by atoms with E-state index in [1.54, 1.807) is 16.8 Å². The van der Waals surface area contributed by atoms with Crippen molar-refractivity contribution in [2.24, 2.45) is 0 Å². The van der Waals surface area contributed by atoms with Crippen molar-refractivity contribution in [1.82, 2.24) is 14.8 Å². The van der Waals surface area contributed by atoms with E-state index in [0.717, 1.165) is 5.56 Å². The summed E-state index contributed by atoms with van der Waals surface area (Å²) >= 11 is 0. The predicted octanol–water partition coefficient (Wildman–Crippen LogP) is 1.40. The van der Waals surface area contributed by atoms with Gasteiger partial charge in [0.05, 0.1) is 0 Å². The number of carboxylic acids is 1. The Morgan fingerprint density at radius 1 is 1.37 bits per heavy atom. The molecule has 0 saturated heterocycles. The number of hydrogen-bond acceptors (Lipinski definition) is 4. The lowest BCUT2D eigenvalue weighted by molar-refractivity contribution is -0.132. The van der Waals surface area contributed by atoms with E-state index in [4.69, 9.17) is 5.11 Å². The number of aromatic nitrogens is 3. The van der Waals surface area contributed by atoms with Crippen LogP contribution < -0.4 is 5.32 Å². The van der Waals surface area contributed by atoms with Gasteiger partial charge in [-0.05, 0) is 23.8 Å². The van der Waals surface area contributed by atoms with Gasteiger partial charge in [0.15, 0.2) is 0 Å². The molecule has 0 bridgehead atoms. The van der Waals surface area contributed by atoms with Gasteiger partial charge < -0.3 is 10.4 Å². The number of hydrogen-bond donors (Lipinski definition) is 2. The van der Waals surface area contributed by atoms with Crippen molar-refractivity contribution in [3.8, 4) is 0 Å². The van der Waals surface area contributed by atoms with Gasteiger partial charge in [0.2, 0.25) is 5.95 Å². The summed E-state index contributed by atoms with van der Waals surface area (Å²) < 4.78 is 14.5. The summed E-state index contributed by atoms with van der Waals surface area (Å²) in [7, 11) is 0. The molecule has 7 heteroatoms. The Balaban J connectivity index is 2.09. The molecule has 0 unspecified atom stereocenters. The van der Waals surface area contributed by atoms with Crippen LogP contribution in [-0.4, -0.2) is 25.8 Å². The fourth-order valence-corrected chi connectivity index (χ4v) is 1.96. The SMILES string of the molecule is O=C(O)C1=C[C@@H](c2ccc(F)cc2)n2ncnc2N1. The standard InChI is InChI=1S/C12H9FN4O2/c13-8-3-1-7(2-4-8)10-5-9(11(18)19)16-12-14-6-15-17(10)12/h1-6,10H,(H,18,19)(H,14,15,16)/t10-/m0/s1. The summed E-state index contributed by atoms with van der Waals surface area (Å²) in [4.78, 5) is 15.0. The van der Waals surface area contributed by atoms with Gasteiger partial charge in [0, 0.05) is 0 Å². The molecule has 6 nitrogen and oxygen atoms in total. The Kier molecular flexibility index (Phi) is 2.52. The molecule has 1 aliphatic rings. The van der Waals surface area contributed by atoms with Crippen molar-refractivity contribution in [3.63, 3.8) is 0 Å². The topological polar surface area (TPSA) is 80.0 Å². The van der Waals surface area contributed by atoms with Crippen LogP contribution in [-0.2, 0) is 4.79 Å². The predicted molar refractivity (Wildman–Crippen MR) is 63.9 cm³/mol. The van der Waals surface area contributed by atoms with E-state index in [-0.39, 0.29) is 11.5 Å². The van der Waals surface area contributed by atoms with Gasteiger partial charge in [0.1, 0.15) is 23.9 Å². The second-order valence-corrected chi connectivity index (χ2v) is 4.04. The molecule has 1 aliphatic heterocycles. The number of anilines is 1. The van der Waals surface area contributed by atoms with Gasteiger partial charge >= 0.3 is 5.97 Å². The Hall–Kier alpha value is -2.70. The molecule has 19 heavy (non-hydrogen) atoms. The zero-order valence-corrected chi connectivity index (χ0v) is 9.62. The maximum Gasteiger partial charge on any atom is 0.352 e. The van der Waals surface area contributed by atoms with Gasteiger partial charge in [-0.3, -0.25) is 0 Å². The first-order valence-corrected chi connectivity index (χ1v) is 5.52. The van der Waals surface area contributed by atoms with Gasteiger partial charge in [-0.15, -0.1) is 0 Å². The minimum atomic E-state index is -1.08. The highest BCUT2D eigenvalue weighted by Crippen LogP contribution is 2.28. The number of rotatable bonds is 2. The zero-order valence-electron chi connectivity index (χ0n) is 9.62. The third kappa shape index (κ3) is 1.95. The number of benzene rings is 1. The van der Waals surface area contributed by atoms with Gasteiger partial charge in [-0.25, -0.2) is 13.9 Å². The molecule has 3 rings (SSSR count). The van der Waals surface area contributed by atoms with E-state index in [1.807, 2.05) is 0 Å². The molecule has 0 fully saturated rings. The highest BCUT2D eigenvalue weighted by molar-refractivity contribution is 5.90. The summed E-state index contributed by atoms with van der Waals surface area (Å²) in [5.41, 5.74) is 0.753. The van der Waals surface area contributed by atoms with Crippen LogP contribution in [0.1, 0.15) is 11.6 Å². The molecule has 0 amide bonds. The average molecular weight is 260 g/mol. The van der Waals surface area contributed by atoms with Crippen LogP contribution in [0.4, 0.5) is 10.3 Å². The lowest BCUT2D eigenvalue weighted by Crippen LogP contribution is -2.24. The Morgan fingerprint density at radius 3 is 2.79 bits per heavy atom. The van der Waals surface area contributed by atoms with Crippen LogP contribution in [0.3, 0.4) is 0 Å².